The molecule has 0 saturated carbocycles. The van der Waals surface area contributed by atoms with E-state index in [0.717, 1.165) is 28.5 Å². The van der Waals surface area contributed by atoms with Gasteiger partial charge in [0.05, 0.1) is 10.5 Å². The molecule has 1 aromatic rings. The fourth-order valence-corrected chi connectivity index (χ4v) is 2.58. The lowest BCUT2D eigenvalue weighted by Gasteiger charge is -2.41. The van der Waals surface area contributed by atoms with Crippen LogP contribution in [0.5, 0.6) is 0 Å². The summed E-state index contributed by atoms with van der Waals surface area (Å²) in [4.78, 5) is 22.7. The Balaban J connectivity index is 1.95. The van der Waals surface area contributed by atoms with Crippen molar-refractivity contribution in [3.8, 4) is 0 Å². The zero-order chi connectivity index (χ0) is 14.9. The first kappa shape index (κ1) is 15.6. The summed E-state index contributed by atoms with van der Waals surface area (Å²) in [7, 11) is 0. The zero-order valence-electron chi connectivity index (χ0n) is 12.1. The second kappa shape index (κ2) is 5.89. The molecule has 0 bridgehead atoms. The van der Waals surface area contributed by atoms with Crippen LogP contribution in [-0.2, 0) is 4.79 Å². The Kier molecular flexibility index (Phi) is 4.59. The number of anilines is 1. The highest BCUT2D eigenvalue weighted by Crippen LogP contribution is 2.28. The van der Waals surface area contributed by atoms with Crippen LogP contribution in [0.1, 0.15) is 20.8 Å². The first-order valence-electron chi connectivity index (χ1n) is 6.43. The molecule has 1 aliphatic heterocycles. The maximum atomic E-state index is 11.9. The van der Waals surface area contributed by atoms with Crippen LogP contribution in [0.3, 0.4) is 0 Å². The Labute approximate surface area is 132 Å². The summed E-state index contributed by atoms with van der Waals surface area (Å²) in [5, 5.41) is 3.81. The van der Waals surface area contributed by atoms with Crippen LogP contribution < -0.4 is 10.2 Å². The zero-order valence-corrected chi connectivity index (χ0v) is 14.5. The highest BCUT2D eigenvalue weighted by Gasteiger charge is 2.33. The van der Waals surface area contributed by atoms with Crippen molar-refractivity contribution in [2.45, 2.75) is 32.0 Å². The molecule has 0 atom stereocenters. The molecular formula is C13H19BrN4OS. The van der Waals surface area contributed by atoms with E-state index in [1.54, 1.807) is 6.20 Å². The van der Waals surface area contributed by atoms with Crippen molar-refractivity contribution in [2.24, 2.45) is 5.41 Å². The number of carbonyl (C=O) groups excluding carboxylic acids is 1. The van der Waals surface area contributed by atoms with Gasteiger partial charge in [-0.25, -0.2) is 9.97 Å². The quantitative estimate of drug-likeness (QED) is 0.663. The number of thioether (sulfide) groups is 1. The third-order valence-electron chi connectivity index (χ3n) is 3.08. The second-order valence-electron chi connectivity index (χ2n) is 5.85. The van der Waals surface area contributed by atoms with Gasteiger partial charge >= 0.3 is 0 Å². The molecule has 1 fully saturated rings. The van der Waals surface area contributed by atoms with E-state index in [1.165, 1.54) is 11.8 Å². The van der Waals surface area contributed by atoms with E-state index in [9.17, 15) is 4.79 Å². The summed E-state index contributed by atoms with van der Waals surface area (Å²) < 4.78 is 0.885. The van der Waals surface area contributed by atoms with E-state index in [1.807, 2.05) is 27.0 Å². The van der Waals surface area contributed by atoms with Crippen molar-refractivity contribution in [2.75, 3.05) is 24.2 Å². The topological polar surface area (TPSA) is 58.1 Å². The molecule has 1 aliphatic rings. The molecule has 1 N–H and O–H groups in total. The monoisotopic (exact) mass is 358 g/mol. The third-order valence-corrected chi connectivity index (χ3v) is 4.20. The molecule has 7 heteroatoms. The molecule has 1 amide bonds. The lowest BCUT2D eigenvalue weighted by atomic mass is 9.94. The number of nitrogens with zero attached hydrogens (tertiary/aromatic N) is 3. The summed E-state index contributed by atoms with van der Waals surface area (Å²) in [5.74, 6) is 0.985. The van der Waals surface area contributed by atoms with Gasteiger partial charge in [-0.2, -0.15) is 0 Å². The molecule has 5 nitrogen and oxygen atoms in total. The Morgan fingerprint density at radius 1 is 1.50 bits per heavy atom. The normalized spacial score (nSPS) is 15.9. The van der Waals surface area contributed by atoms with E-state index in [-0.39, 0.29) is 17.4 Å². The molecule has 0 spiro atoms. The molecule has 0 unspecified atom stereocenters. The molecule has 0 aliphatic carbocycles. The van der Waals surface area contributed by atoms with Crippen LogP contribution in [0.2, 0.25) is 0 Å². The number of hydrogen-bond donors (Lipinski definition) is 1. The number of rotatable bonds is 3. The van der Waals surface area contributed by atoms with Gasteiger partial charge < -0.3 is 10.2 Å². The van der Waals surface area contributed by atoms with Crippen molar-refractivity contribution in [3.63, 3.8) is 0 Å². The number of carbonyl (C=O) groups is 1. The summed E-state index contributed by atoms with van der Waals surface area (Å²) in [6.45, 7) is 7.33. The standard InChI is InChI=1S/C13H19BrN4OS/c1-13(2,3)11(19)16-8-6-18(7-8)10-9(14)5-15-12(17-10)20-4/h5,8H,6-7H2,1-4H3,(H,16,19). The van der Waals surface area contributed by atoms with Gasteiger partial charge in [0.1, 0.15) is 5.82 Å². The fourth-order valence-electron chi connectivity index (χ4n) is 1.81. The van der Waals surface area contributed by atoms with Crippen LogP contribution in [0.25, 0.3) is 0 Å². The Morgan fingerprint density at radius 2 is 2.15 bits per heavy atom. The summed E-state index contributed by atoms with van der Waals surface area (Å²) in [6, 6.07) is 0.196. The van der Waals surface area contributed by atoms with Crippen LogP contribution in [0, 0.1) is 5.41 Å². The summed E-state index contributed by atoms with van der Waals surface area (Å²) in [5.41, 5.74) is -0.345. The first-order chi connectivity index (χ1) is 9.31. The number of halogens is 1. The lowest BCUT2D eigenvalue weighted by molar-refractivity contribution is -0.129. The maximum absolute atomic E-state index is 11.9. The maximum Gasteiger partial charge on any atom is 0.225 e. The van der Waals surface area contributed by atoms with Crippen molar-refractivity contribution in [1.29, 1.82) is 0 Å². The minimum absolute atomic E-state index is 0.0914. The lowest BCUT2D eigenvalue weighted by Crippen LogP contribution is -2.61. The molecule has 1 aromatic heterocycles. The predicted molar refractivity (Wildman–Crippen MR) is 85.1 cm³/mol. The predicted octanol–water partition coefficient (Wildman–Crippen LogP) is 2.31. The molecule has 2 heterocycles. The van der Waals surface area contributed by atoms with Crippen molar-refractivity contribution in [3.05, 3.63) is 10.7 Å². The number of amides is 1. The number of nitrogens with one attached hydrogen (secondary N) is 1. The number of aromatic nitrogens is 2. The molecule has 0 radical (unpaired) electrons. The molecule has 2 rings (SSSR count). The summed E-state index contributed by atoms with van der Waals surface area (Å²) >= 11 is 4.99. The number of hydrogen-bond acceptors (Lipinski definition) is 5. The van der Waals surface area contributed by atoms with Crippen LogP contribution in [-0.4, -0.2) is 41.3 Å². The average molecular weight is 359 g/mol. The van der Waals surface area contributed by atoms with Gasteiger partial charge in [-0.15, -0.1) is 0 Å². The van der Waals surface area contributed by atoms with E-state index in [0.29, 0.717) is 0 Å². The smallest absolute Gasteiger partial charge is 0.225 e. The molecule has 20 heavy (non-hydrogen) atoms. The summed E-state index contributed by atoms with van der Waals surface area (Å²) in [6.07, 6.45) is 3.73. The van der Waals surface area contributed by atoms with Gasteiger partial charge in [0.2, 0.25) is 5.91 Å². The van der Waals surface area contributed by atoms with Gasteiger partial charge in [-0.1, -0.05) is 32.5 Å². The van der Waals surface area contributed by atoms with E-state index in [4.69, 9.17) is 0 Å². The van der Waals surface area contributed by atoms with Gasteiger partial charge in [-0.3, -0.25) is 4.79 Å². The van der Waals surface area contributed by atoms with Gasteiger partial charge in [0.15, 0.2) is 5.16 Å². The van der Waals surface area contributed by atoms with E-state index >= 15 is 0 Å². The highest BCUT2D eigenvalue weighted by molar-refractivity contribution is 9.10. The molecular weight excluding hydrogens is 340 g/mol. The Hall–Kier alpha value is -0.820. The van der Waals surface area contributed by atoms with E-state index in [2.05, 4.69) is 36.1 Å². The second-order valence-corrected chi connectivity index (χ2v) is 7.48. The van der Waals surface area contributed by atoms with E-state index < -0.39 is 0 Å². The first-order valence-corrected chi connectivity index (χ1v) is 8.45. The Morgan fingerprint density at radius 3 is 2.70 bits per heavy atom. The van der Waals surface area contributed by atoms with Crippen molar-refractivity contribution >= 4 is 39.4 Å². The molecule has 110 valence electrons. The van der Waals surface area contributed by atoms with Crippen LogP contribution in [0.15, 0.2) is 15.8 Å². The molecule has 1 saturated heterocycles. The SMILES string of the molecule is CSc1ncc(Br)c(N2CC(NC(=O)C(C)(C)C)C2)n1. The fraction of sp³-hybridized carbons (Fsp3) is 0.615. The van der Waals surface area contributed by atoms with Crippen molar-refractivity contribution < 1.29 is 4.79 Å². The van der Waals surface area contributed by atoms with Crippen LogP contribution >= 0.6 is 27.7 Å². The van der Waals surface area contributed by atoms with Gasteiger partial charge in [0.25, 0.3) is 0 Å². The van der Waals surface area contributed by atoms with Crippen molar-refractivity contribution in [1.82, 2.24) is 15.3 Å². The third kappa shape index (κ3) is 3.44. The minimum Gasteiger partial charge on any atom is -0.351 e. The minimum atomic E-state index is -0.345. The van der Waals surface area contributed by atoms with Crippen LogP contribution in [0.4, 0.5) is 5.82 Å². The largest absolute Gasteiger partial charge is 0.351 e. The molecule has 0 aromatic carbocycles. The Bertz CT molecular complexity index is 512. The average Bonchev–Trinajstić information content (AvgIpc) is 2.33. The highest BCUT2D eigenvalue weighted by atomic mass is 79.9. The van der Waals surface area contributed by atoms with Gasteiger partial charge in [-0.05, 0) is 22.2 Å². The van der Waals surface area contributed by atoms with Gasteiger partial charge in [0, 0.05) is 24.7 Å².